The third-order valence-electron chi connectivity index (χ3n) is 4.93. The van der Waals surface area contributed by atoms with Crippen LogP contribution in [0.3, 0.4) is 0 Å². The lowest BCUT2D eigenvalue weighted by Gasteiger charge is -2.35. The Kier molecular flexibility index (Phi) is 6.21. The van der Waals surface area contributed by atoms with Crippen LogP contribution in [0.2, 0.25) is 0 Å². The summed E-state index contributed by atoms with van der Waals surface area (Å²) < 4.78 is 18.9. The lowest BCUT2D eigenvalue weighted by molar-refractivity contribution is -0.136. The van der Waals surface area contributed by atoms with Gasteiger partial charge < -0.3 is 14.5 Å². The third-order valence-corrected chi connectivity index (χ3v) is 4.93. The Morgan fingerprint density at radius 3 is 2.93 bits per heavy atom. The summed E-state index contributed by atoms with van der Waals surface area (Å²) in [7, 11) is 1.44. The van der Waals surface area contributed by atoms with E-state index in [1.54, 1.807) is 35.6 Å². The molecule has 0 radical (unpaired) electrons. The van der Waals surface area contributed by atoms with Gasteiger partial charge in [0, 0.05) is 38.6 Å². The highest BCUT2D eigenvalue weighted by molar-refractivity contribution is 5.79. The quantitative estimate of drug-likeness (QED) is 0.780. The molecule has 1 aliphatic heterocycles. The molecule has 144 valence electrons. The van der Waals surface area contributed by atoms with E-state index in [2.05, 4.69) is 14.9 Å². The van der Waals surface area contributed by atoms with Gasteiger partial charge in [-0.25, -0.2) is 9.37 Å². The number of amides is 1. The average molecular weight is 372 g/mol. The maximum atomic E-state index is 14.0. The van der Waals surface area contributed by atoms with E-state index < -0.39 is 5.82 Å². The molecule has 0 saturated carbocycles. The zero-order chi connectivity index (χ0) is 19.2. The Balaban J connectivity index is 1.68. The Hall–Kier alpha value is -2.70. The van der Waals surface area contributed by atoms with Gasteiger partial charge in [-0.15, -0.1) is 0 Å². The fourth-order valence-electron chi connectivity index (χ4n) is 3.47. The summed E-state index contributed by atoms with van der Waals surface area (Å²) in [4.78, 5) is 25.4. The van der Waals surface area contributed by atoms with Crippen LogP contribution in [0.5, 0.6) is 5.75 Å². The number of ether oxygens (including phenoxy) is 1. The van der Waals surface area contributed by atoms with Crippen LogP contribution in [0.15, 0.2) is 36.8 Å². The molecule has 2 aromatic rings. The molecule has 3 rings (SSSR count). The van der Waals surface area contributed by atoms with Crippen molar-refractivity contribution in [2.24, 2.45) is 5.92 Å². The number of carbonyl (C=O) groups is 1. The number of nitrogens with zero attached hydrogens (tertiary/aromatic N) is 4. The van der Waals surface area contributed by atoms with Crippen molar-refractivity contribution in [1.29, 1.82) is 0 Å². The van der Waals surface area contributed by atoms with E-state index >= 15 is 0 Å². The van der Waals surface area contributed by atoms with Gasteiger partial charge >= 0.3 is 0 Å². The molecule has 1 aromatic heterocycles. The first-order chi connectivity index (χ1) is 13.1. The van der Waals surface area contributed by atoms with Crippen molar-refractivity contribution in [2.45, 2.75) is 26.3 Å². The summed E-state index contributed by atoms with van der Waals surface area (Å²) in [5, 5.41) is 0. The number of rotatable bonds is 6. The SMILES string of the molecule is CCN(Cc1ccc(OC)c(F)c1)C(=O)[C@@H]1CCCN(c2cnccn2)C1. The molecule has 2 heterocycles. The lowest BCUT2D eigenvalue weighted by Crippen LogP contribution is -2.45. The first-order valence-corrected chi connectivity index (χ1v) is 9.24. The summed E-state index contributed by atoms with van der Waals surface area (Å²) in [6.45, 7) is 4.41. The second-order valence-electron chi connectivity index (χ2n) is 6.67. The fourth-order valence-corrected chi connectivity index (χ4v) is 3.47. The van der Waals surface area contributed by atoms with Crippen molar-refractivity contribution in [1.82, 2.24) is 14.9 Å². The average Bonchev–Trinajstić information content (AvgIpc) is 2.72. The van der Waals surface area contributed by atoms with Gasteiger partial charge in [0.05, 0.1) is 19.2 Å². The van der Waals surface area contributed by atoms with E-state index in [0.29, 0.717) is 19.6 Å². The summed E-state index contributed by atoms with van der Waals surface area (Å²) in [6, 6.07) is 4.82. The number of hydrogen-bond donors (Lipinski definition) is 0. The molecular weight excluding hydrogens is 347 g/mol. The fraction of sp³-hybridized carbons (Fsp3) is 0.450. The molecular formula is C20H25FN4O2. The van der Waals surface area contributed by atoms with Gasteiger partial charge in [-0.3, -0.25) is 9.78 Å². The van der Waals surface area contributed by atoms with Crippen LogP contribution in [-0.2, 0) is 11.3 Å². The topological polar surface area (TPSA) is 58.6 Å². The second kappa shape index (κ2) is 8.79. The minimum atomic E-state index is -0.412. The van der Waals surface area contributed by atoms with E-state index in [1.165, 1.54) is 13.2 Å². The maximum Gasteiger partial charge on any atom is 0.227 e. The van der Waals surface area contributed by atoms with Crippen molar-refractivity contribution in [3.63, 3.8) is 0 Å². The van der Waals surface area contributed by atoms with Gasteiger partial charge in [-0.2, -0.15) is 0 Å². The largest absolute Gasteiger partial charge is 0.494 e. The first-order valence-electron chi connectivity index (χ1n) is 9.24. The zero-order valence-corrected chi connectivity index (χ0v) is 15.8. The van der Waals surface area contributed by atoms with E-state index in [9.17, 15) is 9.18 Å². The molecule has 7 heteroatoms. The monoisotopic (exact) mass is 372 g/mol. The Morgan fingerprint density at radius 2 is 2.26 bits per heavy atom. The highest BCUT2D eigenvalue weighted by atomic mass is 19.1. The number of halogens is 1. The molecule has 1 amide bonds. The van der Waals surface area contributed by atoms with Crippen molar-refractivity contribution < 1.29 is 13.9 Å². The van der Waals surface area contributed by atoms with Gasteiger partial charge in [0.2, 0.25) is 5.91 Å². The van der Waals surface area contributed by atoms with Crippen molar-refractivity contribution in [3.05, 3.63) is 48.2 Å². The van der Waals surface area contributed by atoms with E-state index in [1.807, 2.05) is 6.92 Å². The molecule has 0 unspecified atom stereocenters. The minimum absolute atomic E-state index is 0.0937. The maximum absolute atomic E-state index is 14.0. The second-order valence-corrected chi connectivity index (χ2v) is 6.67. The zero-order valence-electron chi connectivity index (χ0n) is 15.8. The van der Waals surface area contributed by atoms with Crippen molar-refractivity contribution in [3.8, 4) is 5.75 Å². The summed E-state index contributed by atoms with van der Waals surface area (Å²) >= 11 is 0. The molecule has 1 saturated heterocycles. The molecule has 6 nitrogen and oxygen atoms in total. The number of methoxy groups -OCH3 is 1. The highest BCUT2D eigenvalue weighted by Gasteiger charge is 2.29. The van der Waals surface area contributed by atoms with Crippen molar-refractivity contribution in [2.75, 3.05) is 31.6 Å². The van der Waals surface area contributed by atoms with Gasteiger partial charge in [0.1, 0.15) is 5.82 Å². The van der Waals surface area contributed by atoms with Gasteiger partial charge in [0.15, 0.2) is 11.6 Å². The van der Waals surface area contributed by atoms with Crippen LogP contribution < -0.4 is 9.64 Å². The Bertz CT molecular complexity index is 772. The summed E-state index contributed by atoms with van der Waals surface area (Å²) in [5.74, 6) is 0.603. The lowest BCUT2D eigenvalue weighted by atomic mass is 9.96. The molecule has 1 fully saturated rings. The molecule has 1 aliphatic rings. The Labute approximate surface area is 159 Å². The van der Waals surface area contributed by atoms with Crippen LogP contribution in [0.25, 0.3) is 0 Å². The number of carbonyl (C=O) groups excluding carboxylic acids is 1. The van der Waals surface area contributed by atoms with Crippen LogP contribution >= 0.6 is 0 Å². The van der Waals surface area contributed by atoms with Crippen LogP contribution in [-0.4, -0.2) is 47.5 Å². The van der Waals surface area contributed by atoms with Crippen LogP contribution in [0, 0.1) is 11.7 Å². The number of aromatic nitrogens is 2. The van der Waals surface area contributed by atoms with Gasteiger partial charge in [-0.05, 0) is 37.5 Å². The highest BCUT2D eigenvalue weighted by Crippen LogP contribution is 2.24. The van der Waals surface area contributed by atoms with E-state index in [4.69, 9.17) is 4.74 Å². The molecule has 27 heavy (non-hydrogen) atoms. The molecule has 0 N–H and O–H groups in total. The smallest absolute Gasteiger partial charge is 0.227 e. The van der Waals surface area contributed by atoms with Crippen LogP contribution in [0.4, 0.5) is 10.2 Å². The molecule has 0 aliphatic carbocycles. The van der Waals surface area contributed by atoms with Crippen LogP contribution in [0.1, 0.15) is 25.3 Å². The predicted octanol–water partition coefficient (Wildman–Crippen LogP) is 2.89. The number of benzene rings is 1. The first kappa shape index (κ1) is 19.1. The third kappa shape index (κ3) is 4.53. The number of hydrogen-bond acceptors (Lipinski definition) is 5. The number of anilines is 1. The minimum Gasteiger partial charge on any atom is -0.494 e. The molecule has 0 bridgehead atoms. The summed E-state index contributed by atoms with van der Waals surface area (Å²) in [5.41, 5.74) is 0.755. The Morgan fingerprint density at radius 1 is 1.41 bits per heavy atom. The van der Waals surface area contributed by atoms with E-state index in [0.717, 1.165) is 30.8 Å². The molecule has 1 aromatic carbocycles. The van der Waals surface area contributed by atoms with Gasteiger partial charge in [0.25, 0.3) is 0 Å². The standard InChI is InChI=1S/C20H25FN4O2/c1-3-24(13-15-6-7-18(27-2)17(21)11-15)20(26)16-5-4-10-25(14-16)19-12-22-8-9-23-19/h6-9,11-12,16H,3-5,10,13-14H2,1-2H3/t16-/m1/s1. The number of piperidine rings is 1. The van der Waals surface area contributed by atoms with Gasteiger partial charge in [-0.1, -0.05) is 6.07 Å². The van der Waals surface area contributed by atoms with E-state index in [-0.39, 0.29) is 17.6 Å². The predicted molar refractivity (Wildman–Crippen MR) is 101 cm³/mol. The normalized spacial score (nSPS) is 16.9. The van der Waals surface area contributed by atoms with Crippen molar-refractivity contribution >= 4 is 11.7 Å². The molecule has 1 atom stereocenters. The molecule has 0 spiro atoms. The summed E-state index contributed by atoms with van der Waals surface area (Å²) in [6.07, 6.45) is 6.82.